The third kappa shape index (κ3) is 4.44. The summed E-state index contributed by atoms with van der Waals surface area (Å²) in [6.07, 6.45) is 2.67. The Morgan fingerprint density at radius 2 is 1.54 bits per heavy atom. The molecule has 144 valence electrons. The first-order chi connectivity index (χ1) is 12.1. The van der Waals surface area contributed by atoms with Crippen LogP contribution in [0.5, 0.6) is 0 Å². The molecule has 0 unspecified atom stereocenters. The van der Waals surface area contributed by atoms with E-state index in [4.69, 9.17) is 0 Å². The maximum atomic E-state index is 13.1. The van der Waals surface area contributed by atoms with Gasteiger partial charge in [0.05, 0.1) is 4.90 Å². The molecule has 2 aromatic rings. The fraction of sp³-hybridized carbons (Fsp3) is 0.471. The second-order valence-electron chi connectivity index (χ2n) is 6.17. The van der Waals surface area contributed by atoms with Gasteiger partial charge in [-0.1, -0.05) is 42.9 Å². The molecule has 0 radical (unpaired) electrons. The highest BCUT2D eigenvalue weighted by molar-refractivity contribution is 7.93. The van der Waals surface area contributed by atoms with E-state index < -0.39 is 19.7 Å². The van der Waals surface area contributed by atoms with Crippen molar-refractivity contribution < 1.29 is 16.8 Å². The molecule has 0 aliphatic rings. The van der Waals surface area contributed by atoms with Crippen LogP contribution in [0.4, 0.5) is 5.00 Å². The van der Waals surface area contributed by atoms with Gasteiger partial charge in [0.25, 0.3) is 0 Å². The van der Waals surface area contributed by atoms with Crippen LogP contribution in [0.3, 0.4) is 0 Å². The van der Waals surface area contributed by atoms with Crippen molar-refractivity contribution >= 4 is 36.0 Å². The lowest BCUT2D eigenvalue weighted by atomic mass is 10.2. The molecule has 1 aromatic heterocycles. The molecule has 0 saturated heterocycles. The van der Waals surface area contributed by atoms with Crippen LogP contribution in [0.15, 0.2) is 38.5 Å². The molecule has 1 heterocycles. The maximum Gasteiger partial charge on any atom is 0.226 e. The summed E-state index contributed by atoms with van der Waals surface area (Å²) in [6.45, 7) is 7.13. The van der Waals surface area contributed by atoms with Crippen LogP contribution in [0.2, 0.25) is 0 Å². The molecular formula is C17H24N2O4S3. The summed E-state index contributed by atoms with van der Waals surface area (Å²) in [4.78, 5) is 6.06. The number of benzene rings is 1. The first-order valence-electron chi connectivity index (χ1n) is 8.38. The van der Waals surface area contributed by atoms with Gasteiger partial charge in [-0.15, -0.1) is 0 Å². The summed E-state index contributed by atoms with van der Waals surface area (Å²) in [5.41, 5.74) is 0.942. The predicted octanol–water partition coefficient (Wildman–Crippen LogP) is 3.31. The first-order valence-corrected chi connectivity index (χ1v) is 12.6. The zero-order chi connectivity index (χ0) is 19.5. The van der Waals surface area contributed by atoms with Gasteiger partial charge in [0.2, 0.25) is 24.0 Å². The molecule has 0 N–H and O–H groups in total. The maximum absolute atomic E-state index is 13.1. The van der Waals surface area contributed by atoms with Gasteiger partial charge < -0.3 is 4.90 Å². The molecule has 0 aliphatic heterocycles. The fourth-order valence-electron chi connectivity index (χ4n) is 2.50. The zero-order valence-electron chi connectivity index (χ0n) is 15.4. The standard InChI is InChI=1S/C17H24N2O4S3/c1-5-11-19(12-6-2)16-15(18-17(24-16)25(4,20)21)26(22,23)14-9-7-13(3)8-10-14/h7-10H,5-6,11-12H2,1-4H3. The van der Waals surface area contributed by atoms with Gasteiger partial charge in [0.15, 0.2) is 5.03 Å². The van der Waals surface area contributed by atoms with Crippen LogP contribution in [0, 0.1) is 6.92 Å². The average molecular weight is 417 g/mol. The first kappa shape index (κ1) is 20.9. The minimum absolute atomic E-state index is 0.114. The molecule has 0 amide bonds. The highest BCUT2D eigenvalue weighted by Crippen LogP contribution is 2.37. The number of anilines is 1. The zero-order valence-corrected chi connectivity index (χ0v) is 17.8. The summed E-state index contributed by atoms with van der Waals surface area (Å²) < 4.78 is 50.1. The molecule has 2 rings (SSSR count). The van der Waals surface area contributed by atoms with Gasteiger partial charge in [-0.3, -0.25) is 0 Å². The second kappa shape index (κ2) is 8.06. The molecule has 0 saturated carbocycles. The van der Waals surface area contributed by atoms with Crippen molar-refractivity contribution in [3.63, 3.8) is 0 Å². The summed E-state index contributed by atoms with van der Waals surface area (Å²) in [6, 6.07) is 6.48. The third-order valence-corrected chi connectivity index (χ3v) is 8.35. The number of hydrogen-bond donors (Lipinski definition) is 0. The smallest absolute Gasteiger partial charge is 0.226 e. The molecule has 6 nitrogen and oxygen atoms in total. The van der Waals surface area contributed by atoms with Crippen LogP contribution in [0.25, 0.3) is 0 Å². The Hall–Kier alpha value is -1.45. The van der Waals surface area contributed by atoms with Gasteiger partial charge in [-0.05, 0) is 31.9 Å². The molecule has 1 aromatic carbocycles. The predicted molar refractivity (Wildman–Crippen MR) is 105 cm³/mol. The lowest BCUT2D eigenvalue weighted by molar-refractivity contribution is 0.590. The number of nitrogens with zero attached hydrogens (tertiary/aromatic N) is 2. The number of rotatable bonds is 8. The summed E-state index contributed by atoms with van der Waals surface area (Å²) in [7, 11) is -7.52. The van der Waals surface area contributed by atoms with Crippen LogP contribution in [-0.4, -0.2) is 41.2 Å². The summed E-state index contributed by atoms with van der Waals surface area (Å²) in [5.74, 6) is 0. The van der Waals surface area contributed by atoms with Crippen molar-refractivity contribution in [2.24, 2.45) is 0 Å². The van der Waals surface area contributed by atoms with Crippen molar-refractivity contribution in [3.8, 4) is 0 Å². The normalized spacial score (nSPS) is 12.3. The number of sulfone groups is 2. The quantitative estimate of drug-likeness (QED) is 0.656. The van der Waals surface area contributed by atoms with Gasteiger partial charge >= 0.3 is 0 Å². The van der Waals surface area contributed by atoms with Gasteiger partial charge in [-0.25, -0.2) is 21.8 Å². The van der Waals surface area contributed by atoms with Crippen LogP contribution < -0.4 is 4.90 Å². The minimum atomic E-state index is -3.91. The SMILES string of the molecule is CCCN(CCC)c1sc(S(C)(=O)=O)nc1S(=O)(=O)c1ccc(C)cc1. The Balaban J connectivity index is 2.69. The molecule has 0 aliphatic carbocycles. The number of hydrogen-bond acceptors (Lipinski definition) is 7. The highest BCUT2D eigenvalue weighted by Gasteiger charge is 2.31. The Bertz CT molecular complexity index is 956. The molecule has 26 heavy (non-hydrogen) atoms. The summed E-state index contributed by atoms with van der Waals surface area (Å²) in [5, 5.41) is 0.225. The van der Waals surface area contributed by atoms with E-state index in [0.29, 0.717) is 18.1 Å². The Kier molecular flexibility index (Phi) is 6.46. The number of aryl methyl sites for hydroxylation is 1. The van der Waals surface area contributed by atoms with Gasteiger partial charge in [0, 0.05) is 19.3 Å². The lowest BCUT2D eigenvalue weighted by Crippen LogP contribution is -2.25. The van der Waals surface area contributed by atoms with E-state index in [1.165, 1.54) is 12.1 Å². The molecular weight excluding hydrogens is 392 g/mol. The van der Waals surface area contributed by atoms with Crippen molar-refractivity contribution in [3.05, 3.63) is 29.8 Å². The van der Waals surface area contributed by atoms with E-state index in [1.54, 1.807) is 12.1 Å². The molecule has 0 fully saturated rings. The van der Waals surface area contributed by atoms with E-state index in [1.807, 2.05) is 25.7 Å². The fourth-order valence-corrected chi connectivity index (χ4v) is 6.20. The molecule has 9 heteroatoms. The van der Waals surface area contributed by atoms with Crippen molar-refractivity contribution in [2.75, 3.05) is 24.2 Å². The van der Waals surface area contributed by atoms with Gasteiger partial charge in [-0.2, -0.15) is 0 Å². The Labute approximate surface area is 159 Å². The van der Waals surface area contributed by atoms with E-state index in [-0.39, 0.29) is 14.3 Å². The second-order valence-corrected chi connectivity index (χ2v) is 11.2. The number of thiazole rings is 1. The Morgan fingerprint density at radius 1 is 1.00 bits per heavy atom. The monoisotopic (exact) mass is 416 g/mol. The van der Waals surface area contributed by atoms with Crippen molar-refractivity contribution in [2.45, 2.75) is 47.9 Å². The number of aromatic nitrogens is 1. The largest absolute Gasteiger partial charge is 0.361 e. The van der Waals surface area contributed by atoms with Crippen molar-refractivity contribution in [1.82, 2.24) is 4.98 Å². The van der Waals surface area contributed by atoms with Crippen LogP contribution in [0.1, 0.15) is 32.3 Å². The minimum Gasteiger partial charge on any atom is -0.361 e. The molecule has 0 atom stereocenters. The lowest BCUT2D eigenvalue weighted by Gasteiger charge is -2.22. The van der Waals surface area contributed by atoms with E-state index in [9.17, 15) is 16.8 Å². The topological polar surface area (TPSA) is 84.4 Å². The van der Waals surface area contributed by atoms with E-state index in [0.717, 1.165) is 36.0 Å². The molecule has 0 bridgehead atoms. The van der Waals surface area contributed by atoms with E-state index in [2.05, 4.69) is 4.98 Å². The van der Waals surface area contributed by atoms with Crippen LogP contribution >= 0.6 is 11.3 Å². The van der Waals surface area contributed by atoms with E-state index >= 15 is 0 Å². The average Bonchev–Trinajstić information content (AvgIpc) is 3.01. The van der Waals surface area contributed by atoms with Crippen LogP contribution in [-0.2, 0) is 19.7 Å². The van der Waals surface area contributed by atoms with Gasteiger partial charge in [0.1, 0.15) is 5.00 Å². The third-order valence-electron chi connectivity index (χ3n) is 3.74. The Morgan fingerprint density at radius 3 is 2.00 bits per heavy atom. The molecule has 0 spiro atoms. The highest BCUT2D eigenvalue weighted by atomic mass is 32.2. The summed E-state index contributed by atoms with van der Waals surface area (Å²) >= 11 is 0.927. The van der Waals surface area contributed by atoms with Crippen molar-refractivity contribution in [1.29, 1.82) is 0 Å².